The standard InChI is InChI=1S/C17H12Cl2N2O2/c18-12-7-4-8-14-17(12)13(19)9-16(20-14)21-23-10-15(22)11-5-2-1-3-6-11/h1-9H,10H2,(H,20,21). The molecule has 1 aromatic heterocycles. The van der Waals surface area contributed by atoms with Crippen LogP contribution in [-0.4, -0.2) is 17.4 Å². The summed E-state index contributed by atoms with van der Waals surface area (Å²) in [6.07, 6.45) is 0. The van der Waals surface area contributed by atoms with Crippen molar-refractivity contribution in [3.05, 3.63) is 70.2 Å². The van der Waals surface area contributed by atoms with Gasteiger partial charge in [-0.3, -0.25) is 9.63 Å². The van der Waals surface area contributed by atoms with Gasteiger partial charge in [0.15, 0.2) is 11.6 Å². The predicted octanol–water partition coefficient (Wildman–Crippen LogP) is 4.77. The molecule has 0 aliphatic carbocycles. The summed E-state index contributed by atoms with van der Waals surface area (Å²) in [7, 11) is 0. The highest BCUT2D eigenvalue weighted by Gasteiger charge is 2.09. The van der Waals surface area contributed by atoms with E-state index < -0.39 is 0 Å². The molecule has 3 aromatic rings. The van der Waals surface area contributed by atoms with Crippen LogP contribution in [0.3, 0.4) is 0 Å². The third-order valence-electron chi connectivity index (χ3n) is 3.21. The van der Waals surface area contributed by atoms with E-state index in [-0.39, 0.29) is 12.4 Å². The lowest BCUT2D eigenvalue weighted by atomic mass is 10.1. The number of halogens is 2. The van der Waals surface area contributed by atoms with Gasteiger partial charge in [-0.15, -0.1) is 0 Å². The lowest BCUT2D eigenvalue weighted by Crippen LogP contribution is -2.13. The van der Waals surface area contributed by atoms with Gasteiger partial charge in [-0.05, 0) is 12.1 Å². The Hall–Kier alpha value is -2.14. The van der Waals surface area contributed by atoms with Crippen molar-refractivity contribution in [2.45, 2.75) is 0 Å². The minimum Gasteiger partial charge on any atom is -0.291 e. The monoisotopic (exact) mass is 346 g/mol. The van der Waals surface area contributed by atoms with E-state index >= 15 is 0 Å². The van der Waals surface area contributed by atoms with Gasteiger partial charge >= 0.3 is 0 Å². The smallest absolute Gasteiger partial charge is 0.191 e. The topological polar surface area (TPSA) is 51.2 Å². The highest BCUT2D eigenvalue weighted by Crippen LogP contribution is 2.31. The Kier molecular flexibility index (Phi) is 4.76. The number of hydrogen-bond acceptors (Lipinski definition) is 4. The molecule has 23 heavy (non-hydrogen) atoms. The SMILES string of the molecule is O=C(CONc1cc(Cl)c2c(Cl)cccc2n1)c1ccccc1. The fraction of sp³-hybridized carbons (Fsp3) is 0.0588. The van der Waals surface area contributed by atoms with Gasteiger partial charge in [0.1, 0.15) is 6.61 Å². The van der Waals surface area contributed by atoms with Crippen LogP contribution in [0.2, 0.25) is 10.0 Å². The average Bonchev–Trinajstić information content (AvgIpc) is 2.55. The van der Waals surface area contributed by atoms with Crippen LogP contribution in [0.5, 0.6) is 0 Å². The Bertz CT molecular complexity index is 854. The van der Waals surface area contributed by atoms with Gasteiger partial charge in [0.25, 0.3) is 0 Å². The second-order valence-corrected chi connectivity index (χ2v) is 5.62. The van der Waals surface area contributed by atoms with E-state index in [1.165, 1.54) is 0 Å². The first kappa shape index (κ1) is 15.7. The molecule has 6 heteroatoms. The number of Topliss-reactive ketones (excluding diaryl/α,β-unsaturated/α-hetero) is 1. The minimum atomic E-state index is -0.131. The van der Waals surface area contributed by atoms with E-state index in [9.17, 15) is 4.79 Å². The van der Waals surface area contributed by atoms with E-state index in [1.54, 1.807) is 48.5 Å². The summed E-state index contributed by atoms with van der Waals surface area (Å²) in [6, 6.07) is 15.9. The van der Waals surface area contributed by atoms with Crippen molar-refractivity contribution in [1.29, 1.82) is 0 Å². The molecule has 0 amide bonds. The van der Waals surface area contributed by atoms with Gasteiger partial charge in [-0.2, -0.15) is 0 Å². The van der Waals surface area contributed by atoms with Crippen LogP contribution in [0.1, 0.15) is 10.4 Å². The average molecular weight is 347 g/mol. The van der Waals surface area contributed by atoms with Crippen LogP contribution in [0.4, 0.5) is 5.82 Å². The molecule has 0 aliphatic heterocycles. The number of anilines is 1. The Morgan fingerprint density at radius 1 is 1.04 bits per heavy atom. The molecule has 0 aliphatic rings. The first-order valence-electron chi connectivity index (χ1n) is 6.86. The maximum Gasteiger partial charge on any atom is 0.191 e. The Morgan fingerprint density at radius 2 is 1.83 bits per heavy atom. The molecule has 2 aromatic carbocycles. The molecule has 0 bridgehead atoms. The fourth-order valence-corrected chi connectivity index (χ4v) is 2.75. The molecule has 1 heterocycles. The summed E-state index contributed by atoms with van der Waals surface area (Å²) >= 11 is 12.3. The van der Waals surface area contributed by atoms with Crippen LogP contribution in [0.15, 0.2) is 54.6 Å². The molecular weight excluding hydrogens is 335 g/mol. The third kappa shape index (κ3) is 3.62. The number of nitrogens with zero attached hydrogens (tertiary/aromatic N) is 1. The fourth-order valence-electron chi connectivity index (χ4n) is 2.13. The largest absolute Gasteiger partial charge is 0.291 e. The summed E-state index contributed by atoms with van der Waals surface area (Å²) in [4.78, 5) is 21.5. The van der Waals surface area contributed by atoms with Crippen LogP contribution >= 0.6 is 23.2 Å². The van der Waals surface area contributed by atoms with Crippen LogP contribution in [0.25, 0.3) is 10.9 Å². The zero-order chi connectivity index (χ0) is 16.2. The number of carbonyl (C=O) groups is 1. The van der Waals surface area contributed by atoms with Crippen molar-refractivity contribution >= 4 is 45.7 Å². The van der Waals surface area contributed by atoms with Crippen LogP contribution in [-0.2, 0) is 4.84 Å². The summed E-state index contributed by atoms with van der Waals surface area (Å²) in [5.41, 5.74) is 3.87. The molecule has 0 saturated heterocycles. The zero-order valence-corrected chi connectivity index (χ0v) is 13.4. The Balaban J connectivity index is 1.69. The number of rotatable bonds is 5. The Morgan fingerprint density at radius 3 is 2.61 bits per heavy atom. The maximum atomic E-state index is 11.9. The number of hydrogen-bond donors (Lipinski definition) is 1. The van der Waals surface area contributed by atoms with Gasteiger partial charge in [0, 0.05) is 17.0 Å². The molecule has 4 nitrogen and oxygen atoms in total. The lowest BCUT2D eigenvalue weighted by molar-refractivity contribution is 0.0843. The number of benzene rings is 2. The molecular formula is C17H12Cl2N2O2. The molecule has 0 fully saturated rings. The van der Waals surface area contributed by atoms with Gasteiger partial charge in [-0.1, -0.05) is 59.6 Å². The van der Waals surface area contributed by atoms with Crippen molar-refractivity contribution in [1.82, 2.24) is 4.98 Å². The second kappa shape index (κ2) is 6.96. The van der Waals surface area contributed by atoms with E-state index in [2.05, 4.69) is 10.5 Å². The maximum absolute atomic E-state index is 11.9. The highest BCUT2D eigenvalue weighted by molar-refractivity contribution is 6.42. The number of ketones is 1. The third-order valence-corrected chi connectivity index (χ3v) is 3.82. The molecule has 0 atom stereocenters. The zero-order valence-electron chi connectivity index (χ0n) is 11.9. The first-order chi connectivity index (χ1) is 11.1. The van der Waals surface area contributed by atoms with Crippen molar-refractivity contribution in [2.75, 3.05) is 12.1 Å². The van der Waals surface area contributed by atoms with Crippen LogP contribution in [0, 0.1) is 0 Å². The molecule has 0 unspecified atom stereocenters. The van der Waals surface area contributed by atoms with E-state index in [1.807, 2.05) is 6.07 Å². The van der Waals surface area contributed by atoms with Crippen molar-refractivity contribution < 1.29 is 9.63 Å². The van der Waals surface area contributed by atoms with E-state index in [0.29, 0.717) is 32.3 Å². The number of carbonyl (C=O) groups excluding carboxylic acids is 1. The van der Waals surface area contributed by atoms with Gasteiger partial charge < -0.3 is 0 Å². The summed E-state index contributed by atoms with van der Waals surface area (Å²) in [5.74, 6) is 0.277. The minimum absolute atomic E-state index is 0.114. The van der Waals surface area contributed by atoms with E-state index in [4.69, 9.17) is 28.0 Å². The van der Waals surface area contributed by atoms with Crippen molar-refractivity contribution in [2.24, 2.45) is 0 Å². The Labute approximate surface area is 143 Å². The summed E-state index contributed by atoms with van der Waals surface area (Å²) in [6.45, 7) is -0.114. The summed E-state index contributed by atoms with van der Waals surface area (Å²) in [5, 5.41) is 1.68. The van der Waals surface area contributed by atoms with Gasteiger partial charge in [0.2, 0.25) is 0 Å². The molecule has 116 valence electrons. The lowest BCUT2D eigenvalue weighted by Gasteiger charge is -2.09. The number of aromatic nitrogens is 1. The molecule has 0 saturated carbocycles. The normalized spacial score (nSPS) is 10.7. The van der Waals surface area contributed by atoms with Crippen LogP contribution < -0.4 is 5.48 Å². The molecule has 3 rings (SSSR count). The molecule has 1 N–H and O–H groups in total. The number of pyridine rings is 1. The van der Waals surface area contributed by atoms with E-state index in [0.717, 1.165) is 0 Å². The second-order valence-electron chi connectivity index (χ2n) is 4.80. The van der Waals surface area contributed by atoms with Crippen molar-refractivity contribution in [3.8, 4) is 0 Å². The number of fused-ring (bicyclic) bond motifs is 1. The summed E-state index contributed by atoms with van der Waals surface area (Å²) < 4.78 is 0. The quantitative estimate of drug-likeness (QED) is 0.534. The first-order valence-corrected chi connectivity index (χ1v) is 7.61. The van der Waals surface area contributed by atoms with Gasteiger partial charge in [-0.25, -0.2) is 10.5 Å². The molecule has 0 radical (unpaired) electrons. The van der Waals surface area contributed by atoms with Gasteiger partial charge in [0.05, 0.1) is 15.6 Å². The van der Waals surface area contributed by atoms with Crippen molar-refractivity contribution in [3.63, 3.8) is 0 Å². The highest BCUT2D eigenvalue weighted by atomic mass is 35.5. The molecule has 0 spiro atoms. The number of nitrogens with one attached hydrogen (secondary N) is 1. The predicted molar refractivity (Wildman–Crippen MR) is 92.1 cm³/mol.